The van der Waals surface area contributed by atoms with Crippen LogP contribution >= 0.6 is 0 Å². The number of hydrogen-bond donors (Lipinski definition) is 2. The Morgan fingerprint density at radius 3 is 2.65 bits per heavy atom. The molecule has 4 rings (SSSR count). The van der Waals surface area contributed by atoms with Crippen molar-refractivity contribution in [2.45, 2.75) is 44.6 Å². The Kier molecular flexibility index (Phi) is 7.62. The minimum absolute atomic E-state index is 0.00370. The normalized spacial score (nSPS) is 18.8. The zero-order valence-electron chi connectivity index (χ0n) is 20.0. The summed E-state index contributed by atoms with van der Waals surface area (Å²) in [6.45, 7) is 1.68. The summed E-state index contributed by atoms with van der Waals surface area (Å²) in [5.41, 5.74) is -0.562. The summed E-state index contributed by atoms with van der Waals surface area (Å²) in [4.78, 5) is 47.6. The molecule has 13 heteroatoms. The fourth-order valence-corrected chi connectivity index (χ4v) is 4.48. The summed E-state index contributed by atoms with van der Waals surface area (Å²) in [5, 5.41) is 11.5. The first-order valence-electron chi connectivity index (χ1n) is 11.7. The van der Waals surface area contributed by atoms with Gasteiger partial charge < -0.3 is 25.0 Å². The topological polar surface area (TPSA) is 125 Å². The highest BCUT2D eigenvalue weighted by molar-refractivity contribution is 5.80. The molecule has 3 heterocycles. The van der Waals surface area contributed by atoms with Crippen molar-refractivity contribution in [1.82, 2.24) is 25.1 Å². The van der Waals surface area contributed by atoms with Gasteiger partial charge in [-0.25, -0.2) is 14.8 Å². The maximum absolute atomic E-state index is 13.8. The summed E-state index contributed by atoms with van der Waals surface area (Å²) in [7, 11) is 0. The summed E-state index contributed by atoms with van der Waals surface area (Å²) >= 11 is 0. The van der Waals surface area contributed by atoms with E-state index in [2.05, 4.69) is 15.3 Å². The number of nitrogens with zero attached hydrogens (tertiary/aromatic N) is 4. The quantitative estimate of drug-likeness (QED) is 0.598. The van der Waals surface area contributed by atoms with Gasteiger partial charge in [0, 0.05) is 37.2 Å². The zero-order valence-corrected chi connectivity index (χ0v) is 20.0. The Hall–Kier alpha value is -3.74. The van der Waals surface area contributed by atoms with Gasteiger partial charge in [0.15, 0.2) is 11.5 Å². The van der Waals surface area contributed by atoms with E-state index in [1.54, 1.807) is 37.3 Å². The molecule has 2 N–H and O–H groups in total. The van der Waals surface area contributed by atoms with Crippen LogP contribution in [0.15, 0.2) is 30.3 Å². The van der Waals surface area contributed by atoms with E-state index in [4.69, 9.17) is 4.74 Å². The number of carbonyl (C=O) groups is 3. The number of carboxylic acid groups (broad SMARTS) is 1. The van der Waals surface area contributed by atoms with Gasteiger partial charge in [-0.05, 0) is 13.3 Å². The van der Waals surface area contributed by atoms with Crippen LogP contribution in [0.2, 0.25) is 0 Å². The summed E-state index contributed by atoms with van der Waals surface area (Å²) in [5.74, 6) is -0.877. The van der Waals surface area contributed by atoms with Crippen molar-refractivity contribution in [2.24, 2.45) is 0 Å². The number of alkyl halides is 3. The smallest absolute Gasteiger partial charge is 0.433 e. The van der Waals surface area contributed by atoms with E-state index < -0.39 is 29.9 Å². The number of halogens is 3. The Balaban J connectivity index is 1.54. The number of aromatic nitrogens is 2. The number of hydrogen-bond acceptors (Lipinski definition) is 6. The summed E-state index contributed by atoms with van der Waals surface area (Å²) < 4.78 is 46.8. The molecule has 2 aliphatic heterocycles. The highest BCUT2D eigenvalue weighted by Gasteiger charge is 2.39. The van der Waals surface area contributed by atoms with Crippen LogP contribution in [-0.4, -0.2) is 81.2 Å². The highest BCUT2D eigenvalue weighted by Crippen LogP contribution is 2.35. The molecule has 1 saturated heterocycles. The minimum atomic E-state index is -4.69. The molecule has 0 radical (unpaired) electrons. The second kappa shape index (κ2) is 10.7. The summed E-state index contributed by atoms with van der Waals surface area (Å²) in [6.07, 6.45) is -6.66. The van der Waals surface area contributed by atoms with Crippen LogP contribution in [0, 0.1) is 0 Å². The van der Waals surface area contributed by atoms with Crippen LogP contribution in [0.4, 0.5) is 18.0 Å². The number of rotatable bonds is 6. The molecule has 0 bridgehead atoms. The maximum Gasteiger partial charge on any atom is 0.433 e. The van der Waals surface area contributed by atoms with Gasteiger partial charge in [-0.3, -0.25) is 9.59 Å². The molecular weight excluding hydrogens is 495 g/mol. The van der Waals surface area contributed by atoms with Crippen molar-refractivity contribution in [3.8, 4) is 11.4 Å². The number of amides is 3. The molecule has 0 spiro atoms. The Morgan fingerprint density at radius 2 is 1.97 bits per heavy atom. The molecule has 2 aromatic rings. The van der Waals surface area contributed by atoms with Crippen molar-refractivity contribution in [1.29, 1.82) is 0 Å². The Morgan fingerprint density at radius 1 is 1.24 bits per heavy atom. The van der Waals surface area contributed by atoms with Gasteiger partial charge in [0.1, 0.15) is 6.61 Å². The number of fused-ring (bicyclic) bond motifs is 1. The molecular formula is C24H26F3N5O5. The molecule has 1 fully saturated rings. The first kappa shape index (κ1) is 26.3. The van der Waals surface area contributed by atoms with E-state index in [1.807, 2.05) is 0 Å². The third kappa shape index (κ3) is 6.34. The standard InChI is InChI=1S/C24H26F3N5O5/c1-14-10-32(20(34)13-37-14)11-16(28-23(35)36)9-19(33)31-8-7-17-18(12-31)29-22(15-5-3-2-4-6-15)30-21(17)24(25,26)27/h2-6,14,16,28H,7-13H2,1H3,(H,35,36)/t14-,16?/m0/s1. The largest absolute Gasteiger partial charge is 0.465 e. The lowest BCUT2D eigenvalue weighted by molar-refractivity contribution is -0.149. The summed E-state index contributed by atoms with van der Waals surface area (Å²) in [6, 6.07) is 7.34. The SMILES string of the molecule is C[C@H]1CN(CC(CC(=O)N2CCc3c(nc(-c4ccccc4)nc3C(F)(F)F)C2)NC(=O)O)C(=O)CO1. The van der Waals surface area contributed by atoms with Gasteiger partial charge in [0.25, 0.3) is 0 Å². The second-order valence-corrected chi connectivity index (χ2v) is 9.02. The number of morpholine rings is 1. The lowest BCUT2D eigenvalue weighted by Crippen LogP contribution is -2.53. The fourth-order valence-electron chi connectivity index (χ4n) is 4.48. The lowest BCUT2D eigenvalue weighted by Gasteiger charge is -2.34. The predicted octanol–water partition coefficient (Wildman–Crippen LogP) is 2.32. The zero-order chi connectivity index (χ0) is 26.7. The molecule has 0 saturated carbocycles. The van der Waals surface area contributed by atoms with Crippen molar-refractivity contribution in [2.75, 3.05) is 26.2 Å². The number of carbonyl (C=O) groups excluding carboxylic acids is 2. The van der Waals surface area contributed by atoms with Gasteiger partial charge in [-0.15, -0.1) is 0 Å². The number of nitrogens with one attached hydrogen (secondary N) is 1. The number of ether oxygens (including phenoxy) is 1. The molecule has 2 atom stereocenters. The van der Waals surface area contributed by atoms with Crippen LogP contribution in [0.25, 0.3) is 11.4 Å². The molecule has 0 aliphatic carbocycles. The van der Waals surface area contributed by atoms with Crippen LogP contribution in [0.5, 0.6) is 0 Å². The molecule has 2 aliphatic rings. The first-order valence-corrected chi connectivity index (χ1v) is 11.7. The van der Waals surface area contributed by atoms with Gasteiger partial charge in [0.2, 0.25) is 11.8 Å². The van der Waals surface area contributed by atoms with E-state index in [0.29, 0.717) is 5.56 Å². The molecule has 10 nitrogen and oxygen atoms in total. The third-order valence-corrected chi connectivity index (χ3v) is 6.23. The Bertz CT molecular complexity index is 1180. The van der Waals surface area contributed by atoms with Gasteiger partial charge in [-0.1, -0.05) is 30.3 Å². The molecule has 1 unspecified atom stereocenters. The maximum atomic E-state index is 13.8. The minimum Gasteiger partial charge on any atom is -0.465 e. The van der Waals surface area contributed by atoms with Crippen LogP contribution in [0.3, 0.4) is 0 Å². The van der Waals surface area contributed by atoms with E-state index in [0.717, 1.165) is 0 Å². The molecule has 37 heavy (non-hydrogen) atoms. The van der Waals surface area contributed by atoms with Crippen molar-refractivity contribution in [3.05, 3.63) is 47.3 Å². The molecule has 3 amide bonds. The highest BCUT2D eigenvalue weighted by atomic mass is 19.4. The average molecular weight is 521 g/mol. The van der Waals surface area contributed by atoms with Crippen molar-refractivity contribution >= 4 is 17.9 Å². The third-order valence-electron chi connectivity index (χ3n) is 6.23. The van der Waals surface area contributed by atoms with E-state index >= 15 is 0 Å². The molecule has 1 aromatic carbocycles. The van der Waals surface area contributed by atoms with Crippen LogP contribution in [-0.2, 0) is 33.5 Å². The number of benzene rings is 1. The fraction of sp³-hybridized carbons (Fsp3) is 0.458. The van der Waals surface area contributed by atoms with E-state index in [1.165, 1.54) is 9.80 Å². The van der Waals surface area contributed by atoms with Gasteiger partial charge >= 0.3 is 12.3 Å². The lowest BCUT2D eigenvalue weighted by atomic mass is 10.0. The predicted molar refractivity (Wildman–Crippen MR) is 123 cm³/mol. The van der Waals surface area contributed by atoms with Crippen molar-refractivity contribution in [3.63, 3.8) is 0 Å². The first-order chi connectivity index (χ1) is 17.5. The average Bonchev–Trinajstić information content (AvgIpc) is 2.84. The van der Waals surface area contributed by atoms with Crippen LogP contribution < -0.4 is 5.32 Å². The molecule has 198 valence electrons. The van der Waals surface area contributed by atoms with Crippen LogP contribution in [0.1, 0.15) is 30.3 Å². The second-order valence-electron chi connectivity index (χ2n) is 9.02. The van der Waals surface area contributed by atoms with E-state index in [9.17, 15) is 32.7 Å². The van der Waals surface area contributed by atoms with Crippen molar-refractivity contribution < 1.29 is 37.4 Å². The van der Waals surface area contributed by atoms with Gasteiger partial charge in [-0.2, -0.15) is 13.2 Å². The van der Waals surface area contributed by atoms with E-state index in [-0.39, 0.29) is 74.7 Å². The van der Waals surface area contributed by atoms with Gasteiger partial charge in [0.05, 0.1) is 24.4 Å². The molecule has 1 aromatic heterocycles. The Labute approximate surface area is 210 Å². The monoisotopic (exact) mass is 521 g/mol.